The zero-order valence-electron chi connectivity index (χ0n) is 30.7. The van der Waals surface area contributed by atoms with Crippen LogP contribution in [0.4, 0.5) is 34.1 Å². The maximum absolute atomic E-state index is 6.65. The Kier molecular flexibility index (Phi) is 11.1. The first-order valence-corrected chi connectivity index (χ1v) is 19.0. The van der Waals surface area contributed by atoms with Gasteiger partial charge in [0.1, 0.15) is 34.5 Å². The first-order chi connectivity index (χ1) is 28.0. The number of rotatable bonds is 14. The molecular weight excluding hydrogens is 729 g/mol. The molecule has 0 aromatic heterocycles. The van der Waals surface area contributed by atoms with Crippen molar-refractivity contribution in [2.45, 2.75) is 9.79 Å². The second-order valence-corrected chi connectivity index (χ2v) is 13.9. The van der Waals surface area contributed by atoms with Crippen LogP contribution in [0.5, 0.6) is 46.0 Å². The van der Waals surface area contributed by atoms with E-state index in [1.807, 2.05) is 194 Å². The molecule has 0 saturated heterocycles. The van der Waals surface area contributed by atoms with Crippen molar-refractivity contribution in [3.8, 4) is 46.0 Å². The molecule has 0 amide bonds. The van der Waals surface area contributed by atoms with E-state index in [9.17, 15) is 0 Å². The van der Waals surface area contributed by atoms with Crippen molar-refractivity contribution >= 4 is 45.9 Å². The van der Waals surface area contributed by atoms with Crippen LogP contribution < -0.4 is 41.0 Å². The quantitative estimate of drug-likeness (QED) is 0.0803. The molecule has 0 saturated carbocycles. The van der Waals surface area contributed by atoms with E-state index in [0.29, 0.717) is 57.4 Å². The average Bonchev–Trinajstić information content (AvgIpc) is 3.24. The van der Waals surface area contributed by atoms with Crippen molar-refractivity contribution < 1.29 is 18.9 Å². The Labute approximate surface area is 335 Å². The highest BCUT2D eigenvalue weighted by molar-refractivity contribution is 7.99. The minimum atomic E-state index is 0.664. The number of hydrogen-bond donors (Lipinski definition) is 4. The summed E-state index contributed by atoms with van der Waals surface area (Å²) in [6.45, 7) is 0. The highest BCUT2D eigenvalue weighted by Gasteiger charge is 2.19. The summed E-state index contributed by atoms with van der Waals surface area (Å²) in [5.41, 5.74) is 16.3. The largest absolute Gasteiger partial charge is 0.457 e. The van der Waals surface area contributed by atoms with Crippen LogP contribution in [-0.4, -0.2) is 0 Å². The van der Waals surface area contributed by atoms with Gasteiger partial charge in [0.15, 0.2) is 11.5 Å². The van der Waals surface area contributed by atoms with Gasteiger partial charge in [0.25, 0.3) is 0 Å². The van der Waals surface area contributed by atoms with Gasteiger partial charge in [0.05, 0.1) is 21.2 Å². The number of ether oxygens (including phenoxy) is 4. The Bertz CT molecular complexity index is 2360. The second-order valence-electron chi connectivity index (χ2n) is 12.8. The third-order valence-electron chi connectivity index (χ3n) is 8.60. The SMILES string of the molecule is Nc1ccc(Oc2ccc(Nc3cccc(Sc4cccc(Nc5ccc(Oc6ccc(N)cc6)cc5)c4Oc4ccccc4)c3Oc3ccccc3)cc2)cc1. The van der Waals surface area contributed by atoms with Gasteiger partial charge >= 0.3 is 0 Å². The molecule has 0 aliphatic carbocycles. The van der Waals surface area contributed by atoms with Crippen molar-refractivity contribution in [2.24, 2.45) is 0 Å². The lowest BCUT2D eigenvalue weighted by atomic mass is 10.2. The summed E-state index contributed by atoms with van der Waals surface area (Å²) >= 11 is 1.55. The van der Waals surface area contributed by atoms with E-state index in [4.69, 9.17) is 30.4 Å². The predicted molar refractivity (Wildman–Crippen MR) is 231 cm³/mol. The van der Waals surface area contributed by atoms with Gasteiger partial charge in [-0.2, -0.15) is 0 Å². The fourth-order valence-electron chi connectivity index (χ4n) is 5.80. The monoisotopic (exact) mass is 766 g/mol. The Balaban J connectivity index is 1.09. The summed E-state index contributed by atoms with van der Waals surface area (Å²) in [5, 5.41) is 7.14. The molecule has 0 atom stereocenters. The maximum Gasteiger partial charge on any atom is 0.164 e. The summed E-state index contributed by atoms with van der Waals surface area (Å²) in [5.74, 6) is 5.58. The molecule has 0 spiro atoms. The fourth-order valence-corrected chi connectivity index (χ4v) is 6.82. The van der Waals surface area contributed by atoms with Gasteiger partial charge in [-0.05, 0) is 146 Å². The number of hydrogen-bond acceptors (Lipinski definition) is 9. The molecule has 8 aromatic rings. The normalized spacial score (nSPS) is 10.7. The van der Waals surface area contributed by atoms with Gasteiger partial charge in [-0.25, -0.2) is 0 Å². The van der Waals surface area contributed by atoms with E-state index in [2.05, 4.69) is 10.6 Å². The molecule has 0 aliphatic heterocycles. The van der Waals surface area contributed by atoms with Crippen LogP contribution in [0.15, 0.2) is 204 Å². The first-order valence-electron chi connectivity index (χ1n) is 18.2. The van der Waals surface area contributed by atoms with Crippen molar-refractivity contribution in [1.29, 1.82) is 0 Å². The number of anilines is 6. The van der Waals surface area contributed by atoms with Gasteiger partial charge in [-0.3, -0.25) is 0 Å². The fraction of sp³-hybridized carbons (Fsp3) is 0. The third kappa shape index (κ3) is 9.61. The van der Waals surface area contributed by atoms with Crippen LogP contribution in [0.1, 0.15) is 0 Å². The van der Waals surface area contributed by atoms with E-state index < -0.39 is 0 Å². The van der Waals surface area contributed by atoms with Gasteiger partial charge in [0, 0.05) is 22.7 Å². The number of para-hydroxylation sites is 4. The van der Waals surface area contributed by atoms with Crippen molar-refractivity contribution in [1.82, 2.24) is 0 Å². The van der Waals surface area contributed by atoms with Crippen molar-refractivity contribution in [3.05, 3.63) is 194 Å². The average molecular weight is 767 g/mol. The predicted octanol–water partition coefficient (Wildman–Crippen LogP) is 13.7. The van der Waals surface area contributed by atoms with Gasteiger partial charge < -0.3 is 41.0 Å². The van der Waals surface area contributed by atoms with Gasteiger partial charge in [0.2, 0.25) is 0 Å². The maximum atomic E-state index is 6.65. The van der Waals surface area contributed by atoms with Gasteiger partial charge in [-0.1, -0.05) is 60.3 Å². The molecule has 9 heteroatoms. The zero-order chi connectivity index (χ0) is 38.8. The Morgan fingerprint density at radius 2 is 0.649 bits per heavy atom. The first kappa shape index (κ1) is 36.5. The molecule has 0 radical (unpaired) electrons. The minimum Gasteiger partial charge on any atom is -0.457 e. The van der Waals surface area contributed by atoms with Crippen LogP contribution in [0, 0.1) is 0 Å². The van der Waals surface area contributed by atoms with E-state index in [1.54, 1.807) is 11.8 Å². The van der Waals surface area contributed by atoms with Gasteiger partial charge in [-0.15, -0.1) is 0 Å². The van der Waals surface area contributed by atoms with E-state index in [0.717, 1.165) is 32.5 Å². The molecule has 0 bridgehead atoms. The zero-order valence-corrected chi connectivity index (χ0v) is 31.5. The summed E-state index contributed by atoms with van der Waals surface area (Å²) in [6, 6.07) is 61.8. The molecule has 0 fully saturated rings. The van der Waals surface area contributed by atoms with Crippen LogP contribution in [-0.2, 0) is 0 Å². The van der Waals surface area contributed by atoms with E-state index in [1.165, 1.54) is 0 Å². The molecule has 57 heavy (non-hydrogen) atoms. The second kappa shape index (κ2) is 17.3. The smallest absolute Gasteiger partial charge is 0.164 e. The lowest BCUT2D eigenvalue weighted by Crippen LogP contribution is -1.98. The highest BCUT2D eigenvalue weighted by atomic mass is 32.2. The summed E-state index contributed by atoms with van der Waals surface area (Å²) in [7, 11) is 0. The van der Waals surface area contributed by atoms with Crippen molar-refractivity contribution in [3.63, 3.8) is 0 Å². The third-order valence-corrected chi connectivity index (χ3v) is 9.68. The molecule has 280 valence electrons. The minimum absolute atomic E-state index is 0.664. The number of benzene rings is 8. The molecule has 0 heterocycles. The molecule has 6 N–H and O–H groups in total. The molecule has 8 aromatic carbocycles. The Hall–Kier alpha value is -7.49. The molecule has 8 nitrogen and oxygen atoms in total. The number of nitrogens with one attached hydrogen (secondary N) is 2. The highest BCUT2D eigenvalue weighted by Crippen LogP contribution is 2.48. The van der Waals surface area contributed by atoms with Crippen LogP contribution in [0.3, 0.4) is 0 Å². The summed E-state index contributed by atoms with van der Waals surface area (Å²) in [6.07, 6.45) is 0. The van der Waals surface area contributed by atoms with Crippen LogP contribution in [0.25, 0.3) is 0 Å². The van der Waals surface area contributed by atoms with Crippen LogP contribution >= 0.6 is 11.8 Å². The Morgan fingerprint density at radius 3 is 1.02 bits per heavy atom. The molecule has 8 rings (SSSR count). The van der Waals surface area contributed by atoms with Crippen molar-refractivity contribution in [2.75, 3.05) is 22.1 Å². The van der Waals surface area contributed by atoms with Crippen LogP contribution in [0.2, 0.25) is 0 Å². The summed E-state index contributed by atoms with van der Waals surface area (Å²) in [4.78, 5) is 1.76. The number of nitrogens with two attached hydrogens (primary N) is 2. The standard InChI is InChI=1S/C48H38N4O4S/c49-33-17-25-39(26-18-33)53-41-29-21-35(22-30-41)51-43-13-7-15-45(47(43)55-37-9-3-1-4-10-37)57-46-16-8-14-44(48(46)56-38-11-5-2-6-12-38)52-36-23-31-42(32-24-36)54-40-27-19-34(50)20-28-40/h1-32,51-52H,49-50H2. The topological polar surface area (TPSA) is 113 Å². The molecule has 0 unspecified atom stereocenters. The van der Waals surface area contributed by atoms with E-state index >= 15 is 0 Å². The Morgan fingerprint density at radius 1 is 0.316 bits per heavy atom. The summed E-state index contributed by atoms with van der Waals surface area (Å²) < 4.78 is 25.3. The lowest BCUT2D eigenvalue weighted by molar-refractivity contribution is 0.471. The molecular formula is C48H38N4O4S. The lowest BCUT2D eigenvalue weighted by Gasteiger charge is -2.20. The molecule has 0 aliphatic rings. The number of nitrogen functional groups attached to an aromatic ring is 2. The van der Waals surface area contributed by atoms with E-state index in [-0.39, 0.29) is 0 Å².